The molecule has 0 spiro atoms. The van der Waals surface area contributed by atoms with Gasteiger partial charge in [0.2, 0.25) is 0 Å². The molecule has 0 aliphatic rings. The van der Waals surface area contributed by atoms with Gasteiger partial charge in [0.15, 0.2) is 0 Å². The molecule has 6 heteroatoms. The standard InChI is InChI=1S/C14H20F3NO2/c1-19-10-4-2-3-9-18-11-12-5-7-13(8-6-12)20-14(15,16)17/h5-8,18H,2-4,9-11H2,1H3. The van der Waals surface area contributed by atoms with Gasteiger partial charge >= 0.3 is 6.36 Å². The minimum atomic E-state index is -4.64. The number of unbranched alkanes of at least 4 members (excludes halogenated alkanes) is 2. The smallest absolute Gasteiger partial charge is 0.406 e. The molecule has 0 saturated carbocycles. The van der Waals surface area contributed by atoms with Crippen LogP contribution in [-0.2, 0) is 11.3 Å². The van der Waals surface area contributed by atoms with Crippen LogP contribution >= 0.6 is 0 Å². The number of methoxy groups -OCH3 is 1. The van der Waals surface area contributed by atoms with Crippen molar-refractivity contribution in [3.63, 3.8) is 0 Å². The van der Waals surface area contributed by atoms with E-state index in [1.807, 2.05) is 0 Å². The van der Waals surface area contributed by atoms with Crippen LogP contribution in [0.25, 0.3) is 0 Å². The zero-order chi connectivity index (χ0) is 14.8. The minimum Gasteiger partial charge on any atom is -0.406 e. The molecule has 0 bridgehead atoms. The number of rotatable bonds is 9. The van der Waals surface area contributed by atoms with Crippen molar-refractivity contribution in [1.29, 1.82) is 0 Å². The Labute approximate surface area is 117 Å². The normalized spacial score (nSPS) is 11.6. The Hall–Kier alpha value is -1.27. The number of hydrogen-bond donors (Lipinski definition) is 1. The van der Waals surface area contributed by atoms with Crippen molar-refractivity contribution in [2.75, 3.05) is 20.3 Å². The number of halogens is 3. The van der Waals surface area contributed by atoms with E-state index < -0.39 is 6.36 Å². The Balaban J connectivity index is 2.18. The average Bonchev–Trinajstić information content (AvgIpc) is 2.38. The monoisotopic (exact) mass is 291 g/mol. The van der Waals surface area contributed by atoms with E-state index in [1.54, 1.807) is 19.2 Å². The Bertz CT molecular complexity index is 366. The average molecular weight is 291 g/mol. The number of alkyl halides is 3. The third-order valence-electron chi connectivity index (χ3n) is 2.69. The van der Waals surface area contributed by atoms with Crippen LogP contribution in [0.1, 0.15) is 24.8 Å². The van der Waals surface area contributed by atoms with Crippen LogP contribution in [0.3, 0.4) is 0 Å². The predicted molar refractivity (Wildman–Crippen MR) is 70.6 cm³/mol. The van der Waals surface area contributed by atoms with Gasteiger partial charge in [0.1, 0.15) is 5.75 Å². The van der Waals surface area contributed by atoms with Gasteiger partial charge in [0.05, 0.1) is 0 Å². The first-order valence-electron chi connectivity index (χ1n) is 6.55. The van der Waals surface area contributed by atoms with Crippen molar-refractivity contribution < 1.29 is 22.6 Å². The maximum atomic E-state index is 12.0. The van der Waals surface area contributed by atoms with E-state index in [2.05, 4.69) is 10.1 Å². The van der Waals surface area contributed by atoms with E-state index in [4.69, 9.17) is 4.74 Å². The molecular formula is C14H20F3NO2. The number of ether oxygens (including phenoxy) is 2. The molecule has 0 aromatic heterocycles. The van der Waals surface area contributed by atoms with Gasteiger partial charge in [0, 0.05) is 20.3 Å². The van der Waals surface area contributed by atoms with E-state index in [0.717, 1.165) is 38.0 Å². The molecule has 114 valence electrons. The Morgan fingerprint density at radius 2 is 1.75 bits per heavy atom. The summed E-state index contributed by atoms with van der Waals surface area (Å²) < 4.78 is 44.7. The second kappa shape index (κ2) is 8.81. The largest absolute Gasteiger partial charge is 0.573 e. The van der Waals surface area contributed by atoms with Gasteiger partial charge in [-0.3, -0.25) is 0 Å². The second-order valence-electron chi connectivity index (χ2n) is 4.42. The molecule has 1 N–H and O–H groups in total. The second-order valence-corrected chi connectivity index (χ2v) is 4.42. The molecule has 0 unspecified atom stereocenters. The highest BCUT2D eigenvalue weighted by molar-refractivity contribution is 5.27. The fourth-order valence-corrected chi connectivity index (χ4v) is 1.71. The molecular weight excluding hydrogens is 271 g/mol. The van der Waals surface area contributed by atoms with Gasteiger partial charge in [-0.2, -0.15) is 0 Å². The molecule has 3 nitrogen and oxygen atoms in total. The summed E-state index contributed by atoms with van der Waals surface area (Å²) >= 11 is 0. The van der Waals surface area contributed by atoms with E-state index in [9.17, 15) is 13.2 Å². The Morgan fingerprint density at radius 1 is 1.05 bits per heavy atom. The first kappa shape index (κ1) is 16.8. The van der Waals surface area contributed by atoms with Crippen LogP contribution in [0.4, 0.5) is 13.2 Å². The van der Waals surface area contributed by atoms with Gasteiger partial charge < -0.3 is 14.8 Å². The summed E-state index contributed by atoms with van der Waals surface area (Å²) in [6, 6.07) is 5.89. The molecule has 0 amide bonds. The lowest BCUT2D eigenvalue weighted by Gasteiger charge is -2.09. The molecule has 0 aliphatic heterocycles. The molecule has 0 aliphatic carbocycles. The zero-order valence-corrected chi connectivity index (χ0v) is 11.5. The summed E-state index contributed by atoms with van der Waals surface area (Å²) in [7, 11) is 1.68. The van der Waals surface area contributed by atoms with Crippen molar-refractivity contribution in [2.24, 2.45) is 0 Å². The highest BCUT2D eigenvalue weighted by Crippen LogP contribution is 2.22. The first-order valence-corrected chi connectivity index (χ1v) is 6.55. The van der Waals surface area contributed by atoms with Crippen molar-refractivity contribution in [1.82, 2.24) is 5.32 Å². The van der Waals surface area contributed by atoms with Gasteiger partial charge in [-0.05, 0) is 43.5 Å². The number of hydrogen-bond acceptors (Lipinski definition) is 3. The highest BCUT2D eigenvalue weighted by atomic mass is 19.4. The van der Waals surface area contributed by atoms with Crippen LogP contribution in [0.5, 0.6) is 5.75 Å². The van der Waals surface area contributed by atoms with Crippen molar-refractivity contribution in [3.8, 4) is 5.75 Å². The summed E-state index contributed by atoms with van der Waals surface area (Å²) in [6.45, 7) is 2.29. The summed E-state index contributed by atoms with van der Waals surface area (Å²) in [5.74, 6) is -0.194. The highest BCUT2D eigenvalue weighted by Gasteiger charge is 2.30. The fraction of sp³-hybridized carbons (Fsp3) is 0.571. The van der Waals surface area contributed by atoms with Gasteiger partial charge in [-0.15, -0.1) is 13.2 Å². The quantitative estimate of drug-likeness (QED) is 0.706. The molecule has 1 aromatic rings. The van der Waals surface area contributed by atoms with Crippen LogP contribution in [0, 0.1) is 0 Å². The van der Waals surface area contributed by atoms with Crippen molar-refractivity contribution in [3.05, 3.63) is 29.8 Å². The van der Waals surface area contributed by atoms with Gasteiger partial charge in [-0.25, -0.2) is 0 Å². The topological polar surface area (TPSA) is 30.5 Å². The number of nitrogens with one attached hydrogen (secondary N) is 1. The minimum absolute atomic E-state index is 0.194. The van der Waals surface area contributed by atoms with Crippen LogP contribution in [0.15, 0.2) is 24.3 Å². The predicted octanol–water partition coefficient (Wildman–Crippen LogP) is 3.49. The fourth-order valence-electron chi connectivity index (χ4n) is 1.71. The first-order chi connectivity index (χ1) is 9.51. The molecule has 1 rings (SSSR count). The maximum absolute atomic E-state index is 12.0. The molecule has 20 heavy (non-hydrogen) atoms. The molecule has 0 fully saturated rings. The molecule has 0 atom stereocenters. The van der Waals surface area contributed by atoms with E-state index >= 15 is 0 Å². The Morgan fingerprint density at radius 3 is 2.35 bits per heavy atom. The summed E-state index contributed by atoms with van der Waals surface area (Å²) in [4.78, 5) is 0. The molecule has 0 heterocycles. The van der Waals surface area contributed by atoms with Crippen LogP contribution in [0.2, 0.25) is 0 Å². The van der Waals surface area contributed by atoms with Crippen molar-refractivity contribution in [2.45, 2.75) is 32.2 Å². The molecule has 0 saturated heterocycles. The third-order valence-corrected chi connectivity index (χ3v) is 2.69. The SMILES string of the molecule is COCCCCCNCc1ccc(OC(F)(F)F)cc1. The zero-order valence-electron chi connectivity index (χ0n) is 11.5. The van der Waals surface area contributed by atoms with Crippen LogP contribution < -0.4 is 10.1 Å². The summed E-state index contributed by atoms with van der Waals surface area (Å²) in [6.07, 6.45) is -1.44. The van der Waals surface area contributed by atoms with Gasteiger partial charge in [0.25, 0.3) is 0 Å². The van der Waals surface area contributed by atoms with Crippen molar-refractivity contribution >= 4 is 0 Å². The third kappa shape index (κ3) is 8.01. The lowest BCUT2D eigenvalue weighted by Crippen LogP contribution is -2.17. The Kier molecular flexibility index (Phi) is 7.40. The maximum Gasteiger partial charge on any atom is 0.573 e. The lowest BCUT2D eigenvalue weighted by atomic mass is 10.2. The van der Waals surface area contributed by atoms with E-state index in [1.165, 1.54) is 12.1 Å². The van der Waals surface area contributed by atoms with Gasteiger partial charge in [-0.1, -0.05) is 12.1 Å². The van der Waals surface area contributed by atoms with Crippen LogP contribution in [-0.4, -0.2) is 26.6 Å². The summed E-state index contributed by atoms with van der Waals surface area (Å²) in [5.41, 5.74) is 0.927. The number of benzene rings is 1. The molecule has 1 aromatic carbocycles. The summed E-state index contributed by atoms with van der Waals surface area (Å²) in [5, 5.41) is 3.24. The lowest BCUT2D eigenvalue weighted by molar-refractivity contribution is -0.274. The van der Waals surface area contributed by atoms with E-state index in [0.29, 0.717) is 6.54 Å². The van der Waals surface area contributed by atoms with E-state index in [-0.39, 0.29) is 5.75 Å². The molecule has 0 radical (unpaired) electrons.